The van der Waals surface area contributed by atoms with E-state index < -0.39 is 0 Å². The van der Waals surface area contributed by atoms with Gasteiger partial charge in [-0.2, -0.15) is 0 Å². The van der Waals surface area contributed by atoms with Crippen LogP contribution < -0.4 is 0 Å². The van der Waals surface area contributed by atoms with Crippen LogP contribution in [-0.4, -0.2) is 84.9 Å². The summed E-state index contributed by atoms with van der Waals surface area (Å²) in [7, 11) is 3.55. The number of carbonyl (C=O) groups excluding carboxylic acids is 2. The second-order valence-electron chi connectivity index (χ2n) is 8.55. The first kappa shape index (κ1) is 20.6. The summed E-state index contributed by atoms with van der Waals surface area (Å²) >= 11 is 0. The molecule has 0 N–H and O–H groups in total. The van der Waals surface area contributed by atoms with Gasteiger partial charge in [-0.25, -0.2) is 4.79 Å². The van der Waals surface area contributed by atoms with E-state index in [1.807, 2.05) is 11.0 Å². The molecule has 28 heavy (non-hydrogen) atoms. The van der Waals surface area contributed by atoms with Gasteiger partial charge in [-0.05, 0) is 24.3 Å². The Morgan fingerprint density at radius 1 is 0.964 bits per heavy atom. The van der Waals surface area contributed by atoms with Gasteiger partial charge in [-0.3, -0.25) is 9.69 Å². The molecule has 0 spiro atoms. The lowest BCUT2D eigenvalue weighted by molar-refractivity contribution is -0.137. The fourth-order valence-electron chi connectivity index (χ4n) is 4.36. The highest BCUT2D eigenvalue weighted by Gasteiger charge is 2.32. The number of benzene rings is 1. The van der Waals surface area contributed by atoms with Crippen molar-refractivity contribution in [3.05, 3.63) is 35.9 Å². The molecule has 6 nitrogen and oxygen atoms in total. The maximum absolute atomic E-state index is 13.1. The summed E-state index contributed by atoms with van der Waals surface area (Å²) in [5, 5.41) is 0. The summed E-state index contributed by atoms with van der Waals surface area (Å²) in [5.74, 6) is 0.801. The number of amides is 3. The summed E-state index contributed by atoms with van der Waals surface area (Å²) in [6.45, 7) is 8.11. The number of carbonyl (C=O) groups is 2. The molecule has 1 atom stereocenters. The largest absolute Gasteiger partial charge is 0.341 e. The Labute approximate surface area is 169 Å². The lowest BCUT2D eigenvalue weighted by Gasteiger charge is -2.35. The van der Waals surface area contributed by atoms with E-state index in [1.54, 1.807) is 19.0 Å². The second-order valence-corrected chi connectivity index (χ2v) is 8.55. The highest BCUT2D eigenvalue weighted by molar-refractivity contribution is 5.80. The van der Waals surface area contributed by atoms with E-state index in [9.17, 15) is 9.59 Å². The lowest BCUT2D eigenvalue weighted by Crippen LogP contribution is -2.48. The smallest absolute Gasteiger partial charge is 0.319 e. The number of nitrogens with zero attached hydrogens (tertiary/aromatic N) is 4. The molecule has 2 saturated heterocycles. The Kier molecular flexibility index (Phi) is 6.94. The number of hydrogen-bond acceptors (Lipinski definition) is 3. The van der Waals surface area contributed by atoms with Crippen molar-refractivity contribution in [1.29, 1.82) is 0 Å². The minimum atomic E-state index is 0.0471. The molecule has 2 aliphatic heterocycles. The van der Waals surface area contributed by atoms with Crippen LogP contribution in [0.25, 0.3) is 0 Å². The molecule has 0 aliphatic carbocycles. The van der Waals surface area contributed by atoms with Crippen LogP contribution in [0, 0.1) is 11.8 Å². The van der Waals surface area contributed by atoms with E-state index in [0.717, 1.165) is 45.6 Å². The molecule has 2 heterocycles. The van der Waals surface area contributed by atoms with Crippen molar-refractivity contribution in [2.75, 3.05) is 53.4 Å². The van der Waals surface area contributed by atoms with Crippen LogP contribution in [-0.2, 0) is 11.3 Å². The van der Waals surface area contributed by atoms with Crippen LogP contribution in [0.1, 0.15) is 25.3 Å². The Balaban J connectivity index is 1.53. The van der Waals surface area contributed by atoms with Crippen LogP contribution in [0.5, 0.6) is 0 Å². The van der Waals surface area contributed by atoms with Crippen LogP contribution in [0.2, 0.25) is 0 Å². The van der Waals surface area contributed by atoms with Gasteiger partial charge in [-0.1, -0.05) is 37.3 Å². The Bertz CT molecular complexity index is 656. The zero-order valence-corrected chi connectivity index (χ0v) is 17.5. The molecule has 0 aromatic heterocycles. The van der Waals surface area contributed by atoms with Gasteiger partial charge in [0.1, 0.15) is 0 Å². The minimum absolute atomic E-state index is 0.0471. The molecule has 1 unspecified atom stereocenters. The first-order chi connectivity index (χ1) is 13.4. The predicted molar refractivity (Wildman–Crippen MR) is 111 cm³/mol. The van der Waals surface area contributed by atoms with E-state index in [4.69, 9.17) is 0 Å². The Morgan fingerprint density at radius 2 is 1.64 bits per heavy atom. The number of hydrogen-bond donors (Lipinski definition) is 0. The van der Waals surface area contributed by atoms with Crippen molar-refractivity contribution in [1.82, 2.24) is 19.6 Å². The van der Waals surface area contributed by atoms with Crippen LogP contribution in [0.4, 0.5) is 4.79 Å². The van der Waals surface area contributed by atoms with Gasteiger partial charge < -0.3 is 14.7 Å². The summed E-state index contributed by atoms with van der Waals surface area (Å²) in [6.07, 6.45) is 1.55. The van der Waals surface area contributed by atoms with Crippen molar-refractivity contribution in [2.45, 2.75) is 26.3 Å². The van der Waals surface area contributed by atoms with E-state index in [1.165, 1.54) is 5.56 Å². The normalized spacial score (nSPS) is 22.0. The van der Waals surface area contributed by atoms with E-state index >= 15 is 0 Å². The van der Waals surface area contributed by atoms with Gasteiger partial charge in [0.15, 0.2) is 0 Å². The molecule has 1 aromatic rings. The first-order valence-electron chi connectivity index (χ1n) is 10.5. The molecule has 154 valence electrons. The number of urea groups is 1. The molecule has 1 aromatic carbocycles. The molecular formula is C22H34N4O2. The highest BCUT2D eigenvalue weighted by Crippen LogP contribution is 2.22. The predicted octanol–water partition coefficient (Wildman–Crippen LogP) is 2.36. The number of rotatable bonds is 3. The molecule has 2 fully saturated rings. The molecular weight excluding hydrogens is 352 g/mol. The summed E-state index contributed by atoms with van der Waals surface area (Å²) < 4.78 is 0. The molecule has 0 saturated carbocycles. The Hall–Kier alpha value is -2.08. The fraction of sp³-hybridized carbons (Fsp3) is 0.636. The quantitative estimate of drug-likeness (QED) is 0.801. The summed E-state index contributed by atoms with van der Waals surface area (Å²) in [6, 6.07) is 10.6. The van der Waals surface area contributed by atoms with Crippen molar-refractivity contribution >= 4 is 11.9 Å². The standard InChI is InChI=1S/C22H34N4O2/c1-18-15-24(17-19-7-5-4-6-8-19)13-14-26(16-18)21(27)20-9-11-25(12-10-20)22(28)23(2)3/h4-8,18,20H,9-17H2,1-3H3. The topological polar surface area (TPSA) is 47.1 Å². The molecule has 0 bridgehead atoms. The Morgan fingerprint density at radius 3 is 2.29 bits per heavy atom. The van der Waals surface area contributed by atoms with E-state index in [0.29, 0.717) is 19.0 Å². The molecule has 6 heteroatoms. The second kappa shape index (κ2) is 9.41. The third kappa shape index (κ3) is 5.25. The van der Waals surface area contributed by atoms with Crippen LogP contribution in [0.15, 0.2) is 30.3 Å². The van der Waals surface area contributed by atoms with Crippen molar-refractivity contribution in [3.8, 4) is 0 Å². The van der Waals surface area contributed by atoms with E-state index in [2.05, 4.69) is 41.0 Å². The maximum Gasteiger partial charge on any atom is 0.319 e. The minimum Gasteiger partial charge on any atom is -0.341 e. The fourth-order valence-corrected chi connectivity index (χ4v) is 4.36. The van der Waals surface area contributed by atoms with Gasteiger partial charge in [0.25, 0.3) is 0 Å². The zero-order chi connectivity index (χ0) is 20.1. The third-order valence-corrected chi connectivity index (χ3v) is 5.85. The first-order valence-corrected chi connectivity index (χ1v) is 10.5. The van der Waals surface area contributed by atoms with Gasteiger partial charge in [0.2, 0.25) is 5.91 Å². The van der Waals surface area contributed by atoms with Crippen molar-refractivity contribution in [3.63, 3.8) is 0 Å². The summed E-state index contributed by atoms with van der Waals surface area (Å²) in [4.78, 5) is 33.2. The maximum atomic E-state index is 13.1. The molecule has 2 aliphatic rings. The van der Waals surface area contributed by atoms with Gasteiger partial charge in [0.05, 0.1) is 0 Å². The monoisotopic (exact) mass is 386 g/mol. The van der Waals surface area contributed by atoms with Crippen molar-refractivity contribution < 1.29 is 9.59 Å². The van der Waals surface area contributed by atoms with Crippen LogP contribution >= 0.6 is 0 Å². The third-order valence-electron chi connectivity index (χ3n) is 5.85. The number of likely N-dealkylation sites (tertiary alicyclic amines) is 1. The van der Waals surface area contributed by atoms with Gasteiger partial charge >= 0.3 is 6.03 Å². The SMILES string of the molecule is CC1CN(Cc2ccccc2)CCN(C(=O)C2CCN(C(=O)N(C)C)CC2)C1. The van der Waals surface area contributed by atoms with Crippen LogP contribution in [0.3, 0.4) is 0 Å². The highest BCUT2D eigenvalue weighted by atomic mass is 16.2. The van der Waals surface area contributed by atoms with Crippen molar-refractivity contribution in [2.24, 2.45) is 11.8 Å². The number of piperidine rings is 1. The molecule has 3 amide bonds. The average Bonchev–Trinajstić information content (AvgIpc) is 2.88. The summed E-state index contributed by atoms with van der Waals surface area (Å²) in [5.41, 5.74) is 1.33. The lowest BCUT2D eigenvalue weighted by atomic mass is 9.95. The zero-order valence-electron chi connectivity index (χ0n) is 17.5. The van der Waals surface area contributed by atoms with E-state index in [-0.39, 0.29) is 17.9 Å². The molecule has 3 rings (SSSR count). The average molecular weight is 387 g/mol. The molecule has 0 radical (unpaired) electrons. The van der Waals surface area contributed by atoms with Gasteiger partial charge in [0, 0.05) is 65.8 Å². The van der Waals surface area contributed by atoms with Gasteiger partial charge in [-0.15, -0.1) is 0 Å².